The zero-order valence-electron chi connectivity index (χ0n) is 11.1. The maximum atomic E-state index is 12.7. The first-order valence-corrected chi connectivity index (χ1v) is 6.26. The Balaban J connectivity index is 2.18. The summed E-state index contributed by atoms with van der Waals surface area (Å²) in [6.45, 7) is 0.434. The zero-order chi connectivity index (χ0) is 15.2. The van der Waals surface area contributed by atoms with Crippen LogP contribution in [-0.4, -0.2) is 24.7 Å². The smallest absolute Gasteiger partial charge is 0.416 e. The van der Waals surface area contributed by atoms with Crippen LogP contribution in [-0.2, 0) is 17.3 Å². The Bertz CT molecular complexity index is 728. The molecule has 0 N–H and O–H groups in total. The highest BCUT2D eigenvalue weighted by atomic mass is 19.4. The number of aromatic nitrogens is 1. The highest BCUT2D eigenvalue weighted by Gasteiger charge is 2.32. The first kappa shape index (κ1) is 13.7. The summed E-state index contributed by atoms with van der Waals surface area (Å²) in [5.74, 6) is 0. The minimum atomic E-state index is -4.42. The number of fused-ring (bicyclic) bond motifs is 3. The lowest BCUT2D eigenvalue weighted by atomic mass is 10.1. The van der Waals surface area contributed by atoms with E-state index in [9.17, 15) is 18.0 Å². The van der Waals surface area contributed by atoms with E-state index in [1.54, 1.807) is 0 Å². The predicted molar refractivity (Wildman–Crippen MR) is 70.2 cm³/mol. The van der Waals surface area contributed by atoms with Gasteiger partial charge in [0.2, 0.25) is 0 Å². The summed E-state index contributed by atoms with van der Waals surface area (Å²) in [6, 6.07) is 3.34. The number of anilines is 1. The summed E-state index contributed by atoms with van der Waals surface area (Å²) < 4.78 is 42.9. The molecule has 1 amide bonds. The van der Waals surface area contributed by atoms with E-state index in [4.69, 9.17) is 4.74 Å². The average molecular weight is 296 g/mol. The number of ether oxygens (including phenoxy) is 1. The number of alkyl halides is 3. The van der Waals surface area contributed by atoms with Gasteiger partial charge in [0.05, 0.1) is 23.9 Å². The van der Waals surface area contributed by atoms with Crippen LogP contribution in [0.15, 0.2) is 24.4 Å². The fourth-order valence-corrected chi connectivity index (χ4v) is 2.54. The first-order chi connectivity index (χ1) is 9.91. The number of methoxy groups -OCH3 is 1. The van der Waals surface area contributed by atoms with Crippen molar-refractivity contribution in [3.63, 3.8) is 0 Å². The fraction of sp³-hybridized carbons (Fsp3) is 0.286. The molecule has 0 radical (unpaired) electrons. The Morgan fingerprint density at radius 3 is 2.81 bits per heavy atom. The van der Waals surface area contributed by atoms with Crippen LogP contribution in [0.3, 0.4) is 0 Å². The number of amides is 1. The molecule has 0 saturated carbocycles. The fourth-order valence-electron chi connectivity index (χ4n) is 2.54. The second-order valence-corrected chi connectivity index (χ2v) is 4.73. The molecule has 3 rings (SSSR count). The van der Waals surface area contributed by atoms with E-state index in [1.807, 2.05) is 0 Å². The molecule has 4 nitrogen and oxygen atoms in total. The van der Waals surface area contributed by atoms with Crippen molar-refractivity contribution >= 4 is 22.7 Å². The lowest BCUT2D eigenvalue weighted by molar-refractivity contribution is -0.137. The number of halogens is 3. The summed E-state index contributed by atoms with van der Waals surface area (Å²) in [7, 11) is 1.27. The number of hydrogen-bond acceptors (Lipinski definition) is 3. The minimum absolute atomic E-state index is 0.208. The normalized spacial score (nSPS) is 14.4. The maximum absolute atomic E-state index is 12.7. The summed E-state index contributed by atoms with van der Waals surface area (Å²) >= 11 is 0. The van der Waals surface area contributed by atoms with E-state index in [0.717, 1.165) is 17.7 Å². The Kier molecular flexibility index (Phi) is 3.00. The topological polar surface area (TPSA) is 42.4 Å². The van der Waals surface area contributed by atoms with Crippen molar-refractivity contribution in [1.29, 1.82) is 0 Å². The molecule has 7 heteroatoms. The van der Waals surface area contributed by atoms with Crippen molar-refractivity contribution in [2.24, 2.45) is 0 Å². The molecule has 0 aliphatic carbocycles. The third-order valence-electron chi connectivity index (χ3n) is 3.51. The van der Waals surface area contributed by atoms with E-state index >= 15 is 0 Å². The quantitative estimate of drug-likeness (QED) is 0.748. The number of nitrogens with zero attached hydrogens (tertiary/aromatic N) is 2. The van der Waals surface area contributed by atoms with Gasteiger partial charge in [0, 0.05) is 18.1 Å². The molecule has 2 heterocycles. The molecule has 0 atom stereocenters. The summed E-state index contributed by atoms with van der Waals surface area (Å²) in [5, 5.41) is 0.517. The van der Waals surface area contributed by atoms with Crippen LogP contribution >= 0.6 is 0 Å². The Labute approximate surface area is 118 Å². The second kappa shape index (κ2) is 4.61. The maximum Gasteiger partial charge on any atom is 0.416 e. The molecule has 1 aromatic heterocycles. The van der Waals surface area contributed by atoms with Crippen molar-refractivity contribution < 1.29 is 22.7 Å². The molecule has 0 unspecified atom stereocenters. The second-order valence-electron chi connectivity index (χ2n) is 4.73. The largest absolute Gasteiger partial charge is 0.452 e. The van der Waals surface area contributed by atoms with Crippen LogP contribution in [0.1, 0.15) is 11.1 Å². The van der Waals surface area contributed by atoms with Gasteiger partial charge >= 0.3 is 12.3 Å². The molecule has 1 aromatic carbocycles. The van der Waals surface area contributed by atoms with Crippen LogP contribution in [0, 0.1) is 0 Å². The third-order valence-corrected chi connectivity index (χ3v) is 3.51. The van der Waals surface area contributed by atoms with Crippen LogP contribution in [0.5, 0.6) is 0 Å². The SMILES string of the molecule is COC(=O)N1CCc2cnc3cc(C(F)(F)F)ccc3c21. The molecule has 21 heavy (non-hydrogen) atoms. The van der Waals surface area contributed by atoms with E-state index in [0.29, 0.717) is 24.0 Å². The van der Waals surface area contributed by atoms with E-state index in [2.05, 4.69) is 4.98 Å². The number of benzene rings is 1. The van der Waals surface area contributed by atoms with Crippen molar-refractivity contribution in [1.82, 2.24) is 4.98 Å². The van der Waals surface area contributed by atoms with Crippen molar-refractivity contribution in [3.8, 4) is 0 Å². The van der Waals surface area contributed by atoms with Crippen LogP contribution < -0.4 is 4.90 Å². The first-order valence-electron chi connectivity index (χ1n) is 6.26. The third kappa shape index (κ3) is 2.18. The Morgan fingerprint density at radius 2 is 2.14 bits per heavy atom. The zero-order valence-corrected chi connectivity index (χ0v) is 11.1. The predicted octanol–water partition coefficient (Wildman–Crippen LogP) is 3.38. The van der Waals surface area contributed by atoms with Crippen LogP contribution in [0.25, 0.3) is 10.9 Å². The van der Waals surface area contributed by atoms with E-state index < -0.39 is 17.8 Å². The van der Waals surface area contributed by atoms with Crippen molar-refractivity contribution in [2.75, 3.05) is 18.6 Å². The summed E-state index contributed by atoms with van der Waals surface area (Å²) in [4.78, 5) is 17.2. The standard InChI is InChI=1S/C14H11F3N2O2/c1-21-13(20)19-5-4-8-7-18-11-6-9(14(15,16)17)2-3-10(11)12(8)19/h2-3,6-7H,4-5H2,1H3. The highest BCUT2D eigenvalue weighted by Crippen LogP contribution is 2.37. The number of hydrogen-bond donors (Lipinski definition) is 0. The molecule has 0 fully saturated rings. The molecule has 1 aliphatic heterocycles. The molecule has 110 valence electrons. The number of pyridine rings is 1. The molecular weight excluding hydrogens is 285 g/mol. The van der Waals surface area contributed by atoms with Gasteiger partial charge in [-0.25, -0.2) is 4.79 Å². The van der Waals surface area contributed by atoms with Gasteiger partial charge in [0.1, 0.15) is 0 Å². The van der Waals surface area contributed by atoms with E-state index in [1.165, 1.54) is 24.3 Å². The van der Waals surface area contributed by atoms with Gasteiger partial charge in [0.25, 0.3) is 0 Å². The van der Waals surface area contributed by atoms with Gasteiger partial charge in [-0.2, -0.15) is 13.2 Å². The minimum Gasteiger partial charge on any atom is -0.452 e. The van der Waals surface area contributed by atoms with Gasteiger partial charge in [-0.3, -0.25) is 9.88 Å². The number of rotatable bonds is 0. The van der Waals surface area contributed by atoms with Gasteiger partial charge in [0.15, 0.2) is 0 Å². The average Bonchev–Trinajstić information content (AvgIpc) is 2.89. The molecule has 2 aromatic rings. The monoisotopic (exact) mass is 296 g/mol. The van der Waals surface area contributed by atoms with Gasteiger partial charge in [-0.1, -0.05) is 6.07 Å². The Morgan fingerprint density at radius 1 is 1.38 bits per heavy atom. The summed E-state index contributed by atoms with van der Waals surface area (Å²) in [5.41, 5.74) is 0.859. The number of carbonyl (C=O) groups excluding carboxylic acids is 1. The number of carbonyl (C=O) groups is 1. The van der Waals surface area contributed by atoms with Crippen LogP contribution in [0.4, 0.5) is 23.7 Å². The molecular formula is C14H11F3N2O2. The van der Waals surface area contributed by atoms with Gasteiger partial charge < -0.3 is 4.74 Å². The molecule has 0 saturated heterocycles. The molecule has 0 bridgehead atoms. The van der Waals surface area contributed by atoms with Crippen molar-refractivity contribution in [3.05, 3.63) is 35.5 Å². The molecule has 1 aliphatic rings. The highest BCUT2D eigenvalue weighted by molar-refractivity contribution is 6.03. The van der Waals surface area contributed by atoms with Gasteiger partial charge in [-0.15, -0.1) is 0 Å². The Hall–Kier alpha value is -2.31. The van der Waals surface area contributed by atoms with Crippen LogP contribution in [0.2, 0.25) is 0 Å². The van der Waals surface area contributed by atoms with E-state index in [-0.39, 0.29) is 5.52 Å². The molecule has 0 spiro atoms. The lowest BCUT2D eigenvalue weighted by Gasteiger charge is -2.17. The van der Waals surface area contributed by atoms with Gasteiger partial charge in [-0.05, 0) is 24.1 Å². The lowest BCUT2D eigenvalue weighted by Crippen LogP contribution is -2.28. The van der Waals surface area contributed by atoms with Crippen molar-refractivity contribution in [2.45, 2.75) is 12.6 Å². The summed E-state index contributed by atoms with van der Waals surface area (Å²) in [6.07, 6.45) is -2.83.